The van der Waals surface area contributed by atoms with Gasteiger partial charge in [0.2, 0.25) is 0 Å². The Morgan fingerprint density at radius 3 is 2.50 bits per heavy atom. The van der Waals surface area contributed by atoms with Crippen molar-refractivity contribution >= 4 is 29.2 Å². The summed E-state index contributed by atoms with van der Waals surface area (Å²) < 4.78 is 5.59. The van der Waals surface area contributed by atoms with E-state index < -0.39 is 5.41 Å². The molecule has 0 unspecified atom stereocenters. The van der Waals surface area contributed by atoms with Gasteiger partial charge in [-0.3, -0.25) is 9.59 Å². The molecule has 1 saturated carbocycles. The van der Waals surface area contributed by atoms with Gasteiger partial charge in [-0.05, 0) is 55.5 Å². The summed E-state index contributed by atoms with van der Waals surface area (Å²) in [6, 6.07) is 15.4. The highest BCUT2D eigenvalue weighted by atomic mass is 35.5. The SMILES string of the molecule is C[C@@H]1Cc2ccccc2N1C(=O)COC(=O)C1(c2ccc(Cl)cc2)CCCC1. The first-order chi connectivity index (χ1) is 13.5. The van der Waals surface area contributed by atoms with Gasteiger partial charge in [0.05, 0.1) is 5.41 Å². The number of benzene rings is 2. The van der Waals surface area contributed by atoms with Crippen LogP contribution in [0.15, 0.2) is 48.5 Å². The lowest BCUT2D eigenvalue weighted by Gasteiger charge is -2.28. The quantitative estimate of drug-likeness (QED) is 0.704. The number of nitrogens with zero attached hydrogens (tertiary/aromatic N) is 1. The molecular weight excluding hydrogens is 374 g/mol. The van der Waals surface area contributed by atoms with Crippen molar-refractivity contribution in [2.45, 2.75) is 50.5 Å². The molecule has 2 aromatic rings. The van der Waals surface area contributed by atoms with Crippen LogP contribution in [-0.2, 0) is 26.2 Å². The van der Waals surface area contributed by atoms with E-state index in [4.69, 9.17) is 16.3 Å². The van der Waals surface area contributed by atoms with Crippen LogP contribution in [0.25, 0.3) is 0 Å². The van der Waals surface area contributed by atoms with Crippen LogP contribution < -0.4 is 4.90 Å². The summed E-state index contributed by atoms with van der Waals surface area (Å²) in [4.78, 5) is 27.7. The van der Waals surface area contributed by atoms with E-state index in [0.29, 0.717) is 5.02 Å². The molecule has 1 atom stereocenters. The van der Waals surface area contributed by atoms with Crippen LogP contribution in [0.1, 0.15) is 43.7 Å². The molecule has 0 radical (unpaired) electrons. The maximum absolute atomic E-state index is 13.1. The molecule has 4 nitrogen and oxygen atoms in total. The van der Waals surface area contributed by atoms with Gasteiger partial charge in [-0.2, -0.15) is 0 Å². The number of anilines is 1. The van der Waals surface area contributed by atoms with Gasteiger partial charge in [0.15, 0.2) is 6.61 Å². The van der Waals surface area contributed by atoms with E-state index in [1.807, 2.05) is 43.3 Å². The topological polar surface area (TPSA) is 46.6 Å². The number of hydrogen-bond acceptors (Lipinski definition) is 3. The lowest BCUT2D eigenvalue weighted by molar-refractivity contribution is -0.153. The second-order valence-corrected chi connectivity index (χ2v) is 8.25. The number of amides is 1. The van der Waals surface area contributed by atoms with Crippen molar-refractivity contribution in [3.8, 4) is 0 Å². The highest BCUT2D eigenvalue weighted by molar-refractivity contribution is 6.30. The second-order valence-electron chi connectivity index (χ2n) is 7.82. The van der Waals surface area contributed by atoms with Gasteiger partial charge in [0.1, 0.15) is 0 Å². The first-order valence-electron chi connectivity index (χ1n) is 9.84. The Hall–Kier alpha value is -2.33. The number of carbonyl (C=O) groups excluding carboxylic acids is 2. The summed E-state index contributed by atoms with van der Waals surface area (Å²) in [7, 11) is 0. The third-order valence-electron chi connectivity index (χ3n) is 6.05. The first kappa shape index (κ1) is 19.0. The average molecular weight is 398 g/mol. The van der Waals surface area contributed by atoms with Gasteiger partial charge < -0.3 is 9.64 Å². The molecule has 0 spiro atoms. The number of esters is 1. The summed E-state index contributed by atoms with van der Waals surface area (Å²) in [6.07, 6.45) is 4.25. The van der Waals surface area contributed by atoms with E-state index >= 15 is 0 Å². The summed E-state index contributed by atoms with van der Waals surface area (Å²) in [5.41, 5.74) is 2.33. The van der Waals surface area contributed by atoms with Crippen LogP contribution in [0, 0.1) is 0 Å². The van der Waals surface area contributed by atoms with Gasteiger partial charge >= 0.3 is 5.97 Å². The fourth-order valence-electron chi connectivity index (χ4n) is 4.64. The van der Waals surface area contributed by atoms with E-state index in [9.17, 15) is 9.59 Å². The van der Waals surface area contributed by atoms with Gasteiger partial charge in [-0.25, -0.2) is 0 Å². The number of hydrogen-bond donors (Lipinski definition) is 0. The van der Waals surface area contributed by atoms with Crippen molar-refractivity contribution in [2.75, 3.05) is 11.5 Å². The van der Waals surface area contributed by atoms with Crippen molar-refractivity contribution in [3.63, 3.8) is 0 Å². The van der Waals surface area contributed by atoms with Crippen molar-refractivity contribution in [1.29, 1.82) is 0 Å². The Kier molecular flexibility index (Phi) is 5.15. The van der Waals surface area contributed by atoms with Gasteiger partial charge in [0.25, 0.3) is 5.91 Å². The molecule has 2 aromatic carbocycles. The molecule has 2 aliphatic rings. The number of halogens is 1. The minimum absolute atomic E-state index is 0.0697. The van der Waals surface area contributed by atoms with E-state index in [0.717, 1.165) is 48.9 Å². The number of rotatable bonds is 4. The molecule has 1 fully saturated rings. The highest BCUT2D eigenvalue weighted by Crippen LogP contribution is 2.42. The molecule has 146 valence electrons. The number of ether oxygens (including phenoxy) is 1. The number of fused-ring (bicyclic) bond motifs is 1. The number of para-hydroxylation sites is 1. The summed E-state index contributed by atoms with van der Waals surface area (Å²) in [6.45, 7) is 1.79. The largest absolute Gasteiger partial charge is 0.455 e. The zero-order valence-electron chi connectivity index (χ0n) is 16.0. The van der Waals surface area contributed by atoms with Gasteiger partial charge in [0, 0.05) is 16.8 Å². The molecule has 0 aromatic heterocycles. The Morgan fingerprint density at radius 1 is 1.11 bits per heavy atom. The lowest BCUT2D eigenvalue weighted by Crippen LogP contribution is -2.41. The Bertz CT molecular complexity index is 887. The van der Waals surface area contributed by atoms with Crippen LogP contribution in [-0.4, -0.2) is 24.5 Å². The van der Waals surface area contributed by atoms with Crippen molar-refractivity contribution in [3.05, 3.63) is 64.7 Å². The molecule has 28 heavy (non-hydrogen) atoms. The zero-order valence-corrected chi connectivity index (χ0v) is 16.7. The van der Waals surface area contributed by atoms with Crippen molar-refractivity contribution < 1.29 is 14.3 Å². The summed E-state index contributed by atoms with van der Waals surface area (Å²) in [5, 5.41) is 0.641. The minimum Gasteiger partial charge on any atom is -0.455 e. The summed E-state index contributed by atoms with van der Waals surface area (Å²) >= 11 is 6.01. The van der Waals surface area contributed by atoms with Gasteiger partial charge in [-0.15, -0.1) is 0 Å². The smallest absolute Gasteiger partial charge is 0.317 e. The van der Waals surface area contributed by atoms with Crippen LogP contribution in [0.2, 0.25) is 5.02 Å². The average Bonchev–Trinajstić information content (AvgIpc) is 3.31. The Morgan fingerprint density at radius 2 is 1.79 bits per heavy atom. The van der Waals surface area contributed by atoms with Crippen molar-refractivity contribution in [1.82, 2.24) is 0 Å². The summed E-state index contributed by atoms with van der Waals surface area (Å²) in [5.74, 6) is -0.476. The third-order valence-corrected chi connectivity index (χ3v) is 6.30. The molecule has 0 N–H and O–H groups in total. The standard InChI is InChI=1S/C23H24ClNO3/c1-16-14-17-6-2-3-7-20(17)25(16)21(26)15-28-22(27)23(12-4-5-13-23)18-8-10-19(24)11-9-18/h2-3,6-11,16H,4-5,12-15H2,1H3/t16-/m1/s1. The highest BCUT2D eigenvalue weighted by Gasteiger charge is 2.44. The van der Waals surface area contributed by atoms with Crippen molar-refractivity contribution in [2.24, 2.45) is 0 Å². The molecule has 1 aliphatic carbocycles. The Balaban J connectivity index is 1.49. The van der Waals surface area contributed by atoms with E-state index in [1.54, 1.807) is 17.0 Å². The molecule has 0 bridgehead atoms. The van der Waals surface area contributed by atoms with Crippen LogP contribution >= 0.6 is 11.6 Å². The maximum Gasteiger partial charge on any atom is 0.317 e. The Labute approximate surface area is 170 Å². The minimum atomic E-state index is -0.667. The third kappa shape index (κ3) is 3.30. The second kappa shape index (κ2) is 7.59. The molecule has 1 amide bonds. The fourth-order valence-corrected chi connectivity index (χ4v) is 4.76. The molecule has 4 rings (SSSR count). The molecule has 5 heteroatoms. The zero-order chi connectivity index (χ0) is 19.7. The lowest BCUT2D eigenvalue weighted by atomic mass is 9.79. The van der Waals surface area contributed by atoms with Gasteiger partial charge in [-0.1, -0.05) is 54.8 Å². The van der Waals surface area contributed by atoms with Crippen LogP contribution in [0.4, 0.5) is 5.69 Å². The predicted octanol–water partition coefficient (Wildman–Crippen LogP) is 4.67. The molecule has 1 aliphatic heterocycles. The first-order valence-corrected chi connectivity index (χ1v) is 10.2. The van der Waals surface area contributed by atoms with E-state index in [-0.39, 0.29) is 24.5 Å². The van der Waals surface area contributed by atoms with E-state index in [1.165, 1.54) is 0 Å². The monoisotopic (exact) mass is 397 g/mol. The fraction of sp³-hybridized carbons (Fsp3) is 0.391. The van der Waals surface area contributed by atoms with E-state index in [2.05, 4.69) is 0 Å². The molecular formula is C23H24ClNO3. The molecule has 0 saturated heterocycles. The van der Waals surface area contributed by atoms with Crippen LogP contribution in [0.3, 0.4) is 0 Å². The number of carbonyl (C=O) groups is 2. The van der Waals surface area contributed by atoms with Crippen LogP contribution in [0.5, 0.6) is 0 Å². The normalized spacial score (nSPS) is 20.1. The predicted molar refractivity (Wildman–Crippen MR) is 110 cm³/mol. The maximum atomic E-state index is 13.1. The molecule has 1 heterocycles.